The van der Waals surface area contributed by atoms with Gasteiger partial charge in [-0.2, -0.15) is 0 Å². The molecule has 270 valence electrons. The van der Waals surface area contributed by atoms with Crippen molar-refractivity contribution in [2.24, 2.45) is 5.92 Å². The molecule has 2 atom stereocenters. The van der Waals surface area contributed by atoms with Gasteiger partial charge in [0.05, 0.1) is 0 Å². The Morgan fingerprint density at radius 3 is 1.02 bits per heavy atom. The average molecular weight is 640 g/mol. The number of anilines is 1. The second-order valence-corrected chi connectivity index (χ2v) is 15.2. The highest BCUT2D eigenvalue weighted by atomic mass is 14.9. The van der Waals surface area contributed by atoms with Crippen molar-refractivity contribution in [2.45, 2.75) is 245 Å². The lowest BCUT2D eigenvalue weighted by molar-refractivity contribution is 0.361. The lowest BCUT2D eigenvalue weighted by Crippen LogP contribution is -2.19. The van der Waals surface area contributed by atoms with Gasteiger partial charge in [-0.1, -0.05) is 238 Å². The number of nitrogens with one attached hydrogen (secondary N) is 1. The summed E-state index contributed by atoms with van der Waals surface area (Å²) in [6.07, 6.45) is 49.3. The molecule has 0 aromatic heterocycles. The van der Waals surface area contributed by atoms with E-state index in [9.17, 15) is 0 Å². The zero-order valence-corrected chi connectivity index (χ0v) is 32.1. The zero-order chi connectivity index (χ0) is 33.0. The summed E-state index contributed by atoms with van der Waals surface area (Å²) in [6.45, 7) is 6.99. The fraction of sp³-hybridized carbons (Fsp3) is 0.867. The van der Waals surface area contributed by atoms with E-state index in [0.717, 1.165) is 5.92 Å². The van der Waals surface area contributed by atoms with Crippen LogP contribution in [0, 0.1) is 5.92 Å². The highest BCUT2D eigenvalue weighted by Crippen LogP contribution is 2.26. The molecule has 1 N–H and O–H groups in total. The van der Waals surface area contributed by atoms with E-state index in [2.05, 4.69) is 56.4 Å². The smallest absolute Gasteiger partial charge is 0.0342 e. The first-order valence-electron chi connectivity index (χ1n) is 21.6. The Morgan fingerprint density at radius 2 is 0.696 bits per heavy atom. The highest BCUT2D eigenvalue weighted by Gasteiger charge is 2.13. The molecule has 0 spiro atoms. The fourth-order valence-corrected chi connectivity index (χ4v) is 7.45. The van der Waals surface area contributed by atoms with Crippen LogP contribution in [0.1, 0.15) is 239 Å². The number of hydrogen-bond donors (Lipinski definition) is 1. The standard InChI is InChI=1S/C45H85N/c1-4-7-9-11-13-15-17-19-20-21-22-23-25-27-29-31-34-38-43(41-42-44(6-3)46-45-39-35-32-36-40-45)37-33-30-28-26-24-18-16-14-12-10-8-5-2/h32,35-36,39-40,43-44,46H,4-31,33-34,37-38,41-42H2,1-3H3. The SMILES string of the molecule is CCCCCCCCCCCCCCCCCCCC(CCCCCCCCCCCCCC)CCC(CC)Nc1ccccc1. The van der Waals surface area contributed by atoms with Gasteiger partial charge in [0, 0.05) is 11.7 Å². The van der Waals surface area contributed by atoms with Crippen molar-refractivity contribution in [1.29, 1.82) is 0 Å². The molecule has 1 nitrogen and oxygen atoms in total. The van der Waals surface area contributed by atoms with Crippen molar-refractivity contribution in [3.05, 3.63) is 30.3 Å². The number of para-hydroxylation sites is 1. The lowest BCUT2D eigenvalue weighted by atomic mass is 9.88. The molecule has 0 radical (unpaired) electrons. The van der Waals surface area contributed by atoms with Crippen molar-refractivity contribution in [3.8, 4) is 0 Å². The van der Waals surface area contributed by atoms with Gasteiger partial charge in [0.25, 0.3) is 0 Å². The van der Waals surface area contributed by atoms with Gasteiger partial charge in [-0.05, 0) is 37.3 Å². The number of hydrogen-bond acceptors (Lipinski definition) is 1. The maximum absolute atomic E-state index is 3.82. The third-order valence-electron chi connectivity index (χ3n) is 10.7. The first-order valence-corrected chi connectivity index (χ1v) is 21.6. The average Bonchev–Trinajstić information content (AvgIpc) is 3.08. The maximum atomic E-state index is 3.82. The Labute approximate surface area is 291 Å². The summed E-state index contributed by atoms with van der Waals surface area (Å²) < 4.78 is 0. The molecular formula is C45H85N. The molecule has 1 aromatic rings. The van der Waals surface area contributed by atoms with Gasteiger partial charge >= 0.3 is 0 Å². The highest BCUT2D eigenvalue weighted by molar-refractivity contribution is 5.43. The van der Waals surface area contributed by atoms with Crippen LogP contribution in [0.5, 0.6) is 0 Å². The Morgan fingerprint density at radius 1 is 0.370 bits per heavy atom. The van der Waals surface area contributed by atoms with Gasteiger partial charge in [-0.15, -0.1) is 0 Å². The van der Waals surface area contributed by atoms with E-state index in [4.69, 9.17) is 0 Å². The Kier molecular flexibility index (Phi) is 33.1. The lowest BCUT2D eigenvalue weighted by Gasteiger charge is -2.22. The van der Waals surface area contributed by atoms with E-state index in [1.165, 1.54) is 224 Å². The van der Waals surface area contributed by atoms with Gasteiger partial charge in [-0.25, -0.2) is 0 Å². The van der Waals surface area contributed by atoms with Crippen LogP contribution < -0.4 is 5.32 Å². The van der Waals surface area contributed by atoms with Crippen molar-refractivity contribution in [1.82, 2.24) is 0 Å². The van der Waals surface area contributed by atoms with E-state index in [-0.39, 0.29) is 0 Å². The van der Waals surface area contributed by atoms with Crippen LogP contribution in [0.25, 0.3) is 0 Å². The van der Waals surface area contributed by atoms with Crippen LogP contribution >= 0.6 is 0 Å². The van der Waals surface area contributed by atoms with Crippen molar-refractivity contribution in [3.63, 3.8) is 0 Å². The predicted molar refractivity (Wildman–Crippen MR) is 211 cm³/mol. The van der Waals surface area contributed by atoms with Crippen LogP contribution in [-0.4, -0.2) is 6.04 Å². The zero-order valence-electron chi connectivity index (χ0n) is 32.1. The molecule has 1 aromatic carbocycles. The second kappa shape index (κ2) is 35.3. The minimum absolute atomic E-state index is 0.613. The van der Waals surface area contributed by atoms with E-state index < -0.39 is 0 Å². The molecule has 0 heterocycles. The first kappa shape index (κ1) is 43.0. The summed E-state index contributed by atoms with van der Waals surface area (Å²) in [6, 6.07) is 11.5. The molecular weight excluding hydrogens is 555 g/mol. The largest absolute Gasteiger partial charge is 0.382 e. The van der Waals surface area contributed by atoms with E-state index in [1.54, 1.807) is 0 Å². The first-order chi connectivity index (χ1) is 22.8. The summed E-state index contributed by atoms with van der Waals surface area (Å²) >= 11 is 0. The molecule has 0 fully saturated rings. The molecule has 0 amide bonds. The third-order valence-corrected chi connectivity index (χ3v) is 10.7. The van der Waals surface area contributed by atoms with E-state index in [0.29, 0.717) is 6.04 Å². The van der Waals surface area contributed by atoms with Gasteiger partial charge < -0.3 is 5.32 Å². The number of benzene rings is 1. The van der Waals surface area contributed by atoms with Gasteiger partial charge in [0.1, 0.15) is 0 Å². The Bertz CT molecular complexity index is 683. The Hall–Kier alpha value is -0.980. The monoisotopic (exact) mass is 640 g/mol. The van der Waals surface area contributed by atoms with Crippen LogP contribution in [-0.2, 0) is 0 Å². The van der Waals surface area contributed by atoms with Gasteiger partial charge in [0.2, 0.25) is 0 Å². The molecule has 0 aliphatic heterocycles. The summed E-state index contributed by atoms with van der Waals surface area (Å²) in [5, 5.41) is 3.82. The van der Waals surface area contributed by atoms with Crippen LogP contribution in [0.4, 0.5) is 5.69 Å². The third kappa shape index (κ3) is 29.2. The topological polar surface area (TPSA) is 12.0 Å². The number of rotatable bonds is 37. The van der Waals surface area contributed by atoms with Crippen molar-refractivity contribution < 1.29 is 0 Å². The molecule has 0 bridgehead atoms. The van der Waals surface area contributed by atoms with Crippen LogP contribution in [0.15, 0.2) is 30.3 Å². The van der Waals surface area contributed by atoms with Gasteiger partial charge in [-0.3, -0.25) is 0 Å². The molecule has 0 aliphatic carbocycles. The van der Waals surface area contributed by atoms with Crippen LogP contribution in [0.3, 0.4) is 0 Å². The molecule has 1 heteroatoms. The normalized spacial score (nSPS) is 12.8. The summed E-state index contributed by atoms with van der Waals surface area (Å²) in [5.74, 6) is 0.936. The summed E-state index contributed by atoms with van der Waals surface area (Å²) in [5.41, 5.74) is 1.29. The molecule has 46 heavy (non-hydrogen) atoms. The molecule has 0 aliphatic rings. The Balaban J connectivity index is 2.15. The quantitative estimate of drug-likeness (QED) is 0.0714. The van der Waals surface area contributed by atoms with Gasteiger partial charge in [0.15, 0.2) is 0 Å². The number of unbranched alkanes of at least 4 members (excludes halogenated alkanes) is 27. The summed E-state index contributed by atoms with van der Waals surface area (Å²) in [4.78, 5) is 0. The second-order valence-electron chi connectivity index (χ2n) is 15.2. The van der Waals surface area contributed by atoms with Crippen molar-refractivity contribution in [2.75, 3.05) is 5.32 Å². The summed E-state index contributed by atoms with van der Waals surface area (Å²) in [7, 11) is 0. The molecule has 0 saturated carbocycles. The predicted octanol–water partition coefficient (Wildman–Crippen LogP) is 16.4. The molecule has 0 saturated heterocycles. The van der Waals surface area contributed by atoms with E-state index >= 15 is 0 Å². The minimum Gasteiger partial charge on any atom is -0.382 e. The minimum atomic E-state index is 0.613. The maximum Gasteiger partial charge on any atom is 0.0342 e. The fourth-order valence-electron chi connectivity index (χ4n) is 7.45. The van der Waals surface area contributed by atoms with Crippen molar-refractivity contribution >= 4 is 5.69 Å². The van der Waals surface area contributed by atoms with E-state index in [1.807, 2.05) is 0 Å². The molecule has 1 rings (SSSR count). The van der Waals surface area contributed by atoms with Crippen LogP contribution in [0.2, 0.25) is 0 Å². The molecule has 2 unspecified atom stereocenters.